The van der Waals surface area contributed by atoms with Gasteiger partial charge in [-0.1, -0.05) is 228 Å². The molecule has 0 bridgehead atoms. The van der Waals surface area contributed by atoms with E-state index in [4.69, 9.17) is 4.74 Å². The second-order valence-corrected chi connectivity index (χ2v) is 17.6. The summed E-state index contributed by atoms with van der Waals surface area (Å²) in [5.74, 6) is -0.541. The molecule has 0 radical (unpaired) electrons. The molecule has 6 nitrogen and oxygen atoms in total. The van der Waals surface area contributed by atoms with Crippen LogP contribution in [-0.4, -0.2) is 46.9 Å². The minimum Gasteiger partial charge on any atom is -0.462 e. The standard InChI is InChI=1S/C57H99NO5/c1-4-7-10-13-16-19-22-25-28-30-33-36-39-42-45-48-53(63-57(62)50-47-44-41-38-35-32-29-26-23-20-17-14-11-8-5-2)51-56(61)58-54(52-59)55(60)49-46-43-40-37-34-31-27-24-21-18-15-12-9-6-3/h8,11,14,16-17,19-20,23,25-26,28-29,33,36,53-55,59-60H,4-7,9-10,12-13,15,18,21-22,24,27,30-32,34-35,37-52H2,1-3H3,(H,58,61)/b11-8+,17-14+,19-16-,23-20+,28-25-,29-26-,36-33-. The Morgan fingerprint density at radius 3 is 1.49 bits per heavy atom. The number of carbonyl (C=O) groups excluding carboxylic acids is 2. The van der Waals surface area contributed by atoms with Gasteiger partial charge < -0.3 is 20.3 Å². The fourth-order valence-electron chi connectivity index (χ4n) is 7.56. The number of hydrogen-bond acceptors (Lipinski definition) is 5. The maximum Gasteiger partial charge on any atom is 0.306 e. The Labute approximate surface area is 389 Å². The van der Waals surface area contributed by atoms with Crippen molar-refractivity contribution in [3.8, 4) is 0 Å². The number of ether oxygens (including phenoxy) is 1. The van der Waals surface area contributed by atoms with Crippen molar-refractivity contribution >= 4 is 11.9 Å². The van der Waals surface area contributed by atoms with Crippen molar-refractivity contribution in [2.45, 2.75) is 257 Å². The molecule has 0 aromatic heterocycles. The van der Waals surface area contributed by atoms with E-state index < -0.39 is 18.2 Å². The lowest BCUT2D eigenvalue weighted by molar-refractivity contribution is -0.151. The molecule has 0 aliphatic carbocycles. The first kappa shape index (κ1) is 60.0. The molecular weight excluding hydrogens is 779 g/mol. The zero-order chi connectivity index (χ0) is 45.9. The number of amides is 1. The molecule has 0 aromatic rings. The lowest BCUT2D eigenvalue weighted by Gasteiger charge is -2.24. The van der Waals surface area contributed by atoms with Crippen molar-refractivity contribution in [3.05, 3.63) is 85.1 Å². The number of hydrogen-bond donors (Lipinski definition) is 3. The third-order valence-corrected chi connectivity index (χ3v) is 11.6. The molecule has 1 amide bonds. The summed E-state index contributed by atoms with van der Waals surface area (Å²) in [5.41, 5.74) is 0. The van der Waals surface area contributed by atoms with Gasteiger partial charge in [0.2, 0.25) is 5.91 Å². The molecule has 3 atom stereocenters. The Morgan fingerprint density at radius 2 is 0.921 bits per heavy atom. The average Bonchev–Trinajstić information content (AvgIpc) is 3.28. The highest BCUT2D eigenvalue weighted by Crippen LogP contribution is 2.17. The second-order valence-electron chi connectivity index (χ2n) is 17.6. The molecule has 362 valence electrons. The third kappa shape index (κ3) is 45.4. The Bertz CT molecular complexity index is 1210. The summed E-state index contributed by atoms with van der Waals surface area (Å²) in [4.78, 5) is 26.2. The van der Waals surface area contributed by atoms with Crippen molar-refractivity contribution in [1.29, 1.82) is 0 Å². The summed E-state index contributed by atoms with van der Waals surface area (Å²) >= 11 is 0. The smallest absolute Gasteiger partial charge is 0.306 e. The Balaban J connectivity index is 4.70. The van der Waals surface area contributed by atoms with Crippen LogP contribution in [0.15, 0.2) is 85.1 Å². The van der Waals surface area contributed by atoms with Crippen molar-refractivity contribution in [2.75, 3.05) is 6.61 Å². The van der Waals surface area contributed by atoms with Crippen LogP contribution in [0.4, 0.5) is 0 Å². The van der Waals surface area contributed by atoms with Gasteiger partial charge in [-0.2, -0.15) is 0 Å². The number of aliphatic hydroxyl groups excluding tert-OH is 2. The summed E-state index contributed by atoms with van der Waals surface area (Å²) in [6.45, 7) is 6.30. The van der Waals surface area contributed by atoms with E-state index in [0.29, 0.717) is 19.3 Å². The summed E-state index contributed by atoms with van der Waals surface area (Å²) < 4.78 is 5.91. The van der Waals surface area contributed by atoms with E-state index in [1.807, 2.05) is 18.2 Å². The van der Waals surface area contributed by atoms with Crippen LogP contribution >= 0.6 is 0 Å². The van der Waals surface area contributed by atoms with Gasteiger partial charge in [0.05, 0.1) is 25.2 Å². The van der Waals surface area contributed by atoms with Gasteiger partial charge in [-0.3, -0.25) is 9.59 Å². The molecule has 3 unspecified atom stereocenters. The van der Waals surface area contributed by atoms with Crippen LogP contribution in [0.25, 0.3) is 0 Å². The number of aliphatic hydroxyl groups is 2. The first-order valence-corrected chi connectivity index (χ1v) is 26.4. The lowest BCUT2D eigenvalue weighted by Crippen LogP contribution is -2.46. The SMILES string of the molecule is CC/C=C/C=C/C=C/C=C\CCCCCCCC(=O)OC(CCCC/C=C\C/C=C\C/C=C\CCCCC)CC(=O)NC(CO)C(O)CCCCCCCCCCCCCCCC. The molecule has 0 saturated carbocycles. The largest absolute Gasteiger partial charge is 0.462 e. The first-order chi connectivity index (χ1) is 31.0. The van der Waals surface area contributed by atoms with Crippen LogP contribution in [-0.2, 0) is 14.3 Å². The molecule has 0 rings (SSSR count). The van der Waals surface area contributed by atoms with Gasteiger partial charge in [0.1, 0.15) is 6.10 Å². The fourth-order valence-corrected chi connectivity index (χ4v) is 7.56. The summed E-state index contributed by atoms with van der Waals surface area (Å²) in [5, 5.41) is 23.8. The van der Waals surface area contributed by atoms with E-state index in [9.17, 15) is 19.8 Å². The fraction of sp³-hybridized carbons (Fsp3) is 0.719. The predicted octanol–water partition coefficient (Wildman–Crippen LogP) is 16.0. The number of unbranched alkanes of at least 4 members (excludes halogenated alkanes) is 23. The van der Waals surface area contributed by atoms with E-state index in [2.05, 4.69) is 92.9 Å². The van der Waals surface area contributed by atoms with Crippen molar-refractivity contribution in [2.24, 2.45) is 0 Å². The molecule has 6 heteroatoms. The number of nitrogens with one attached hydrogen (secondary N) is 1. The molecule has 0 aromatic carbocycles. The van der Waals surface area contributed by atoms with E-state index in [1.165, 1.54) is 96.3 Å². The first-order valence-electron chi connectivity index (χ1n) is 26.4. The second kappa shape index (κ2) is 50.0. The quantitative estimate of drug-likeness (QED) is 0.0245. The summed E-state index contributed by atoms with van der Waals surface area (Å²) in [6.07, 6.45) is 64.9. The van der Waals surface area contributed by atoms with Crippen LogP contribution in [0, 0.1) is 0 Å². The Hall–Kier alpha value is -2.96. The molecule has 63 heavy (non-hydrogen) atoms. The van der Waals surface area contributed by atoms with Gasteiger partial charge in [0.25, 0.3) is 0 Å². The van der Waals surface area contributed by atoms with Crippen molar-refractivity contribution < 1.29 is 24.5 Å². The van der Waals surface area contributed by atoms with Crippen LogP contribution in [0.3, 0.4) is 0 Å². The van der Waals surface area contributed by atoms with Gasteiger partial charge in [-0.15, -0.1) is 0 Å². The predicted molar refractivity (Wildman–Crippen MR) is 273 cm³/mol. The lowest BCUT2D eigenvalue weighted by atomic mass is 10.0. The van der Waals surface area contributed by atoms with Gasteiger partial charge in [0.15, 0.2) is 0 Å². The maximum atomic E-state index is 13.2. The number of esters is 1. The summed E-state index contributed by atoms with van der Waals surface area (Å²) in [6, 6.07) is -0.723. The zero-order valence-corrected chi connectivity index (χ0v) is 41.2. The molecule has 0 fully saturated rings. The summed E-state index contributed by atoms with van der Waals surface area (Å²) in [7, 11) is 0. The van der Waals surface area contributed by atoms with E-state index in [0.717, 1.165) is 96.3 Å². The molecule has 0 spiro atoms. The molecule has 0 aliphatic heterocycles. The number of carbonyl (C=O) groups is 2. The topological polar surface area (TPSA) is 95.9 Å². The Kier molecular flexibility index (Phi) is 47.7. The van der Waals surface area contributed by atoms with Crippen molar-refractivity contribution in [3.63, 3.8) is 0 Å². The minimum atomic E-state index is -0.806. The van der Waals surface area contributed by atoms with E-state index in [1.54, 1.807) is 0 Å². The molecular formula is C57H99NO5. The van der Waals surface area contributed by atoms with Gasteiger partial charge in [0, 0.05) is 6.42 Å². The molecule has 0 aliphatic rings. The Morgan fingerprint density at radius 1 is 0.492 bits per heavy atom. The average molecular weight is 878 g/mol. The van der Waals surface area contributed by atoms with E-state index in [-0.39, 0.29) is 24.9 Å². The minimum absolute atomic E-state index is 0.0381. The number of rotatable bonds is 46. The maximum absolute atomic E-state index is 13.2. The van der Waals surface area contributed by atoms with Gasteiger partial charge in [-0.05, 0) is 83.5 Å². The molecule has 0 heterocycles. The monoisotopic (exact) mass is 878 g/mol. The number of allylic oxidation sites excluding steroid dienone is 14. The zero-order valence-electron chi connectivity index (χ0n) is 41.2. The van der Waals surface area contributed by atoms with Crippen LogP contribution in [0.5, 0.6) is 0 Å². The highest BCUT2D eigenvalue weighted by molar-refractivity contribution is 5.77. The molecule has 0 saturated heterocycles. The van der Waals surface area contributed by atoms with Crippen LogP contribution < -0.4 is 5.32 Å². The van der Waals surface area contributed by atoms with Crippen LogP contribution in [0.2, 0.25) is 0 Å². The van der Waals surface area contributed by atoms with Gasteiger partial charge >= 0.3 is 5.97 Å². The van der Waals surface area contributed by atoms with E-state index >= 15 is 0 Å². The molecule has 3 N–H and O–H groups in total. The highest BCUT2D eigenvalue weighted by atomic mass is 16.5. The van der Waals surface area contributed by atoms with Crippen molar-refractivity contribution in [1.82, 2.24) is 5.32 Å². The highest BCUT2D eigenvalue weighted by Gasteiger charge is 2.24. The third-order valence-electron chi connectivity index (χ3n) is 11.6. The normalized spacial score (nSPS) is 13.9. The van der Waals surface area contributed by atoms with Gasteiger partial charge in [-0.25, -0.2) is 0 Å². The van der Waals surface area contributed by atoms with Crippen LogP contribution in [0.1, 0.15) is 239 Å².